The molecule has 1 saturated carbocycles. The molecule has 4 nitrogen and oxygen atoms in total. The molecule has 1 fully saturated rings. The molecule has 174 valence electrons. The normalized spacial score (nSPS) is 15.4. The molecule has 1 N–H and O–H groups in total. The summed E-state index contributed by atoms with van der Waals surface area (Å²) in [7, 11) is 0. The highest BCUT2D eigenvalue weighted by Gasteiger charge is 2.21. The summed E-state index contributed by atoms with van der Waals surface area (Å²) in [6.45, 7) is 5.91. The number of hydrogen-bond donors (Lipinski definition) is 1. The van der Waals surface area contributed by atoms with Crippen molar-refractivity contribution in [1.82, 2.24) is 4.98 Å². The van der Waals surface area contributed by atoms with Crippen LogP contribution in [0, 0.1) is 0 Å². The van der Waals surface area contributed by atoms with E-state index in [2.05, 4.69) is 48.6 Å². The first-order chi connectivity index (χ1) is 16.0. The Hall–Kier alpha value is -2.31. The van der Waals surface area contributed by atoms with Gasteiger partial charge in [0.2, 0.25) is 0 Å². The highest BCUT2D eigenvalue weighted by Crippen LogP contribution is 2.44. The number of rotatable bonds is 7. The first kappa shape index (κ1) is 23.8. The third-order valence-corrected chi connectivity index (χ3v) is 8.30. The van der Waals surface area contributed by atoms with Crippen molar-refractivity contribution in [3.05, 3.63) is 65.3 Å². The van der Waals surface area contributed by atoms with Gasteiger partial charge in [-0.2, -0.15) is 0 Å². The van der Waals surface area contributed by atoms with E-state index in [0.29, 0.717) is 5.92 Å². The van der Waals surface area contributed by atoms with E-state index in [-0.39, 0.29) is 11.4 Å². The number of aromatic nitrogens is 1. The SMILES string of the molecule is CC(C)OC(=O)Nc1ccc(-c2cnc(C3CCCCC3)s2)c(SC(C)c2ccccc2)c1. The zero-order chi connectivity index (χ0) is 23.2. The summed E-state index contributed by atoms with van der Waals surface area (Å²) < 4.78 is 5.27. The van der Waals surface area contributed by atoms with Gasteiger partial charge in [-0.1, -0.05) is 55.7 Å². The summed E-state index contributed by atoms with van der Waals surface area (Å²) in [5.41, 5.74) is 3.19. The topological polar surface area (TPSA) is 51.2 Å². The molecule has 33 heavy (non-hydrogen) atoms. The van der Waals surface area contributed by atoms with E-state index < -0.39 is 6.09 Å². The molecular formula is C27H32N2O2S2. The standard InChI is InChI=1S/C27H32N2O2S2/c1-18(2)31-27(30)29-22-14-15-23(24(16-22)32-19(3)20-10-6-4-7-11-20)25-17-28-26(33-25)21-12-8-5-9-13-21/h4,6-7,10-11,14-19,21H,5,8-9,12-13H2,1-3H3,(H,29,30). The average molecular weight is 481 g/mol. The molecule has 0 spiro atoms. The Labute approximate surface area is 205 Å². The molecule has 1 heterocycles. The van der Waals surface area contributed by atoms with E-state index in [1.54, 1.807) is 11.8 Å². The third-order valence-electron chi connectivity index (χ3n) is 5.89. The van der Waals surface area contributed by atoms with Crippen LogP contribution in [0.1, 0.15) is 74.6 Å². The Morgan fingerprint density at radius 3 is 2.58 bits per heavy atom. The van der Waals surface area contributed by atoms with Crippen LogP contribution in [0.5, 0.6) is 0 Å². The molecule has 1 aliphatic carbocycles. The maximum absolute atomic E-state index is 12.2. The van der Waals surface area contributed by atoms with Crippen LogP contribution < -0.4 is 5.32 Å². The van der Waals surface area contributed by atoms with E-state index in [1.807, 2.05) is 43.5 Å². The third kappa shape index (κ3) is 6.39. The average Bonchev–Trinajstić information content (AvgIpc) is 3.30. The molecule has 0 aliphatic heterocycles. The van der Waals surface area contributed by atoms with Crippen molar-refractivity contribution in [1.29, 1.82) is 0 Å². The van der Waals surface area contributed by atoms with Crippen molar-refractivity contribution < 1.29 is 9.53 Å². The molecule has 0 saturated heterocycles. The van der Waals surface area contributed by atoms with Crippen molar-refractivity contribution >= 4 is 34.9 Å². The number of thiazole rings is 1. The number of thioether (sulfide) groups is 1. The molecule has 3 aromatic rings. The monoisotopic (exact) mass is 480 g/mol. The van der Waals surface area contributed by atoms with Gasteiger partial charge in [-0.15, -0.1) is 23.1 Å². The fourth-order valence-electron chi connectivity index (χ4n) is 4.20. The summed E-state index contributed by atoms with van der Waals surface area (Å²) >= 11 is 3.63. The summed E-state index contributed by atoms with van der Waals surface area (Å²) in [5.74, 6) is 0.601. The fraction of sp³-hybridized carbons (Fsp3) is 0.407. The zero-order valence-electron chi connectivity index (χ0n) is 19.5. The first-order valence-electron chi connectivity index (χ1n) is 11.8. The van der Waals surface area contributed by atoms with Crippen molar-refractivity contribution in [3.63, 3.8) is 0 Å². The number of hydrogen-bond acceptors (Lipinski definition) is 5. The summed E-state index contributed by atoms with van der Waals surface area (Å²) in [6.07, 6.45) is 7.90. The number of ether oxygens (including phenoxy) is 1. The van der Waals surface area contributed by atoms with Crippen LogP contribution in [0.3, 0.4) is 0 Å². The second kappa shape index (κ2) is 11.2. The number of amides is 1. The van der Waals surface area contributed by atoms with Crippen LogP contribution in [-0.4, -0.2) is 17.2 Å². The molecule has 1 aliphatic rings. The van der Waals surface area contributed by atoms with Gasteiger partial charge in [0, 0.05) is 33.5 Å². The van der Waals surface area contributed by atoms with Gasteiger partial charge in [0.25, 0.3) is 0 Å². The number of benzene rings is 2. The van der Waals surface area contributed by atoms with Crippen LogP contribution in [0.2, 0.25) is 0 Å². The minimum Gasteiger partial charge on any atom is -0.447 e. The van der Waals surface area contributed by atoms with Crippen molar-refractivity contribution in [2.45, 2.75) is 75.0 Å². The molecule has 1 unspecified atom stereocenters. The lowest BCUT2D eigenvalue weighted by atomic mass is 9.90. The lowest BCUT2D eigenvalue weighted by molar-refractivity contribution is 0.130. The van der Waals surface area contributed by atoms with E-state index in [0.717, 1.165) is 10.6 Å². The number of nitrogens with one attached hydrogen (secondary N) is 1. The Bertz CT molecular complexity index is 1060. The summed E-state index contributed by atoms with van der Waals surface area (Å²) in [4.78, 5) is 19.3. The molecule has 1 aromatic heterocycles. The van der Waals surface area contributed by atoms with E-state index in [4.69, 9.17) is 9.72 Å². The predicted molar refractivity (Wildman–Crippen MR) is 139 cm³/mol. The van der Waals surface area contributed by atoms with Gasteiger partial charge in [0.15, 0.2) is 0 Å². The largest absolute Gasteiger partial charge is 0.447 e. The lowest BCUT2D eigenvalue weighted by Gasteiger charge is -2.19. The van der Waals surface area contributed by atoms with Gasteiger partial charge >= 0.3 is 6.09 Å². The van der Waals surface area contributed by atoms with E-state index in [1.165, 1.54) is 53.1 Å². The van der Waals surface area contributed by atoms with Crippen molar-refractivity contribution in [2.75, 3.05) is 5.32 Å². The van der Waals surface area contributed by atoms with Crippen LogP contribution in [-0.2, 0) is 4.74 Å². The molecule has 0 bridgehead atoms. The Morgan fingerprint density at radius 1 is 1.09 bits per heavy atom. The second-order valence-corrected chi connectivity index (χ2v) is 11.3. The van der Waals surface area contributed by atoms with Gasteiger partial charge in [-0.3, -0.25) is 5.32 Å². The maximum atomic E-state index is 12.2. The van der Waals surface area contributed by atoms with Gasteiger partial charge < -0.3 is 4.74 Å². The first-order valence-corrected chi connectivity index (χ1v) is 13.5. The quantitative estimate of drug-likeness (QED) is 0.344. The number of carbonyl (C=O) groups is 1. The van der Waals surface area contributed by atoms with Crippen LogP contribution in [0.15, 0.2) is 59.6 Å². The molecular weight excluding hydrogens is 448 g/mol. The van der Waals surface area contributed by atoms with Gasteiger partial charge in [0.05, 0.1) is 16.0 Å². The van der Waals surface area contributed by atoms with Crippen molar-refractivity contribution in [3.8, 4) is 10.4 Å². The number of nitrogens with zero attached hydrogens (tertiary/aromatic N) is 1. The van der Waals surface area contributed by atoms with Gasteiger partial charge in [0.1, 0.15) is 0 Å². The van der Waals surface area contributed by atoms with Crippen LogP contribution in [0.4, 0.5) is 10.5 Å². The minimum atomic E-state index is -0.429. The molecule has 1 amide bonds. The molecule has 2 aromatic carbocycles. The highest BCUT2D eigenvalue weighted by atomic mass is 32.2. The maximum Gasteiger partial charge on any atom is 0.411 e. The van der Waals surface area contributed by atoms with E-state index >= 15 is 0 Å². The Kier molecular flexibility index (Phi) is 8.10. The number of carbonyl (C=O) groups excluding carboxylic acids is 1. The molecule has 4 rings (SSSR count). The fourth-order valence-corrected chi connectivity index (χ4v) is 6.56. The molecule has 0 radical (unpaired) electrons. The minimum absolute atomic E-state index is 0.161. The van der Waals surface area contributed by atoms with E-state index in [9.17, 15) is 4.79 Å². The smallest absolute Gasteiger partial charge is 0.411 e. The second-order valence-electron chi connectivity index (χ2n) is 8.86. The van der Waals surface area contributed by atoms with Crippen LogP contribution >= 0.6 is 23.1 Å². The summed E-state index contributed by atoms with van der Waals surface area (Å²) in [5, 5.41) is 4.41. The lowest BCUT2D eigenvalue weighted by Crippen LogP contribution is -2.17. The van der Waals surface area contributed by atoms with Gasteiger partial charge in [-0.25, -0.2) is 9.78 Å². The predicted octanol–water partition coefficient (Wildman–Crippen LogP) is 8.67. The van der Waals surface area contributed by atoms with Gasteiger partial charge in [-0.05, 0) is 51.3 Å². The molecule has 1 atom stereocenters. The number of anilines is 1. The summed E-state index contributed by atoms with van der Waals surface area (Å²) in [6, 6.07) is 16.6. The highest BCUT2D eigenvalue weighted by molar-refractivity contribution is 7.99. The Balaban J connectivity index is 1.62. The van der Waals surface area contributed by atoms with Crippen molar-refractivity contribution in [2.24, 2.45) is 0 Å². The zero-order valence-corrected chi connectivity index (χ0v) is 21.2. The van der Waals surface area contributed by atoms with Crippen LogP contribution in [0.25, 0.3) is 10.4 Å². The Morgan fingerprint density at radius 2 is 1.85 bits per heavy atom. The molecule has 6 heteroatoms.